The molecule has 0 aromatic heterocycles. The van der Waals surface area contributed by atoms with Crippen molar-refractivity contribution in [1.29, 1.82) is 0 Å². The van der Waals surface area contributed by atoms with Crippen LogP contribution in [0.15, 0.2) is 18.2 Å². The molecule has 0 spiro atoms. The van der Waals surface area contributed by atoms with E-state index in [-0.39, 0.29) is 17.8 Å². The minimum atomic E-state index is -0.494. The molecule has 1 aliphatic rings. The Morgan fingerprint density at radius 1 is 1.52 bits per heavy atom. The highest BCUT2D eigenvalue weighted by Crippen LogP contribution is 2.17. The van der Waals surface area contributed by atoms with Gasteiger partial charge < -0.3 is 15.7 Å². The number of hydrogen-bond acceptors (Lipinski definition) is 4. The Morgan fingerprint density at radius 2 is 2.33 bits per heavy atom. The van der Waals surface area contributed by atoms with Crippen molar-refractivity contribution in [3.05, 3.63) is 29.3 Å². The average Bonchev–Trinajstić information content (AvgIpc) is 2.85. The van der Waals surface area contributed by atoms with Crippen molar-refractivity contribution in [2.75, 3.05) is 17.7 Å². The van der Waals surface area contributed by atoms with Gasteiger partial charge in [-0.25, -0.2) is 0 Å². The van der Waals surface area contributed by atoms with E-state index in [1.165, 1.54) is 0 Å². The SMILES string of the molecule is Cc1cc(C#CCCO)cc(NC(=O)C2CSC(=O)N2)c1. The predicted molar refractivity (Wildman–Crippen MR) is 83.2 cm³/mol. The fourth-order valence-corrected chi connectivity index (χ4v) is 2.68. The molecule has 6 heteroatoms. The molecule has 1 aromatic rings. The molecule has 2 amide bonds. The number of rotatable bonds is 3. The average molecular weight is 304 g/mol. The van der Waals surface area contributed by atoms with Gasteiger partial charge in [-0.05, 0) is 30.7 Å². The molecule has 1 saturated heterocycles. The van der Waals surface area contributed by atoms with E-state index in [1.54, 1.807) is 6.07 Å². The van der Waals surface area contributed by atoms with Crippen LogP contribution in [0.1, 0.15) is 17.5 Å². The number of carbonyl (C=O) groups excluding carboxylic acids is 2. The van der Waals surface area contributed by atoms with Crippen LogP contribution in [0.2, 0.25) is 0 Å². The topological polar surface area (TPSA) is 78.4 Å². The molecule has 1 atom stereocenters. The van der Waals surface area contributed by atoms with Crippen molar-refractivity contribution in [1.82, 2.24) is 5.32 Å². The minimum absolute atomic E-state index is 0.0292. The maximum atomic E-state index is 12.0. The quantitative estimate of drug-likeness (QED) is 0.739. The number of aliphatic hydroxyl groups excluding tert-OH is 1. The lowest BCUT2D eigenvalue weighted by Crippen LogP contribution is -2.38. The van der Waals surface area contributed by atoms with E-state index in [9.17, 15) is 9.59 Å². The molecule has 3 N–H and O–H groups in total. The first kappa shape index (κ1) is 15.4. The number of anilines is 1. The van der Waals surface area contributed by atoms with Gasteiger partial charge in [0, 0.05) is 23.4 Å². The zero-order chi connectivity index (χ0) is 15.2. The Bertz CT molecular complexity index is 619. The molecular weight excluding hydrogens is 288 g/mol. The summed E-state index contributed by atoms with van der Waals surface area (Å²) in [4.78, 5) is 23.1. The van der Waals surface area contributed by atoms with E-state index in [2.05, 4.69) is 22.5 Å². The van der Waals surface area contributed by atoms with Gasteiger partial charge in [0.2, 0.25) is 5.91 Å². The second kappa shape index (κ2) is 7.16. The van der Waals surface area contributed by atoms with Gasteiger partial charge in [-0.1, -0.05) is 23.6 Å². The lowest BCUT2D eigenvalue weighted by Gasteiger charge is -2.11. The monoisotopic (exact) mass is 304 g/mol. The van der Waals surface area contributed by atoms with Crippen LogP contribution in [0, 0.1) is 18.8 Å². The Kier molecular flexibility index (Phi) is 5.26. The van der Waals surface area contributed by atoms with Crippen LogP contribution < -0.4 is 10.6 Å². The van der Waals surface area contributed by atoms with Gasteiger partial charge in [0.05, 0.1) is 6.61 Å². The zero-order valence-electron chi connectivity index (χ0n) is 11.6. The van der Waals surface area contributed by atoms with Crippen molar-refractivity contribution in [3.8, 4) is 11.8 Å². The molecule has 21 heavy (non-hydrogen) atoms. The van der Waals surface area contributed by atoms with Gasteiger partial charge in [0.1, 0.15) is 6.04 Å². The molecule has 1 fully saturated rings. The van der Waals surface area contributed by atoms with E-state index in [0.29, 0.717) is 17.9 Å². The van der Waals surface area contributed by atoms with Gasteiger partial charge in [0.15, 0.2) is 0 Å². The lowest BCUT2D eigenvalue weighted by molar-refractivity contribution is -0.117. The Labute approximate surface area is 127 Å². The van der Waals surface area contributed by atoms with Crippen molar-refractivity contribution in [2.45, 2.75) is 19.4 Å². The van der Waals surface area contributed by atoms with Crippen molar-refractivity contribution < 1.29 is 14.7 Å². The lowest BCUT2D eigenvalue weighted by atomic mass is 10.1. The standard InChI is InChI=1S/C15H16N2O3S/c1-10-6-11(4-2-3-5-18)8-12(7-10)16-14(19)13-9-21-15(20)17-13/h6-8,13,18H,3,5,9H2,1H3,(H,16,19)(H,17,20). The number of benzene rings is 1. The summed E-state index contributed by atoms with van der Waals surface area (Å²) < 4.78 is 0. The second-order valence-corrected chi connectivity index (χ2v) is 5.64. The summed E-state index contributed by atoms with van der Waals surface area (Å²) in [5.41, 5.74) is 2.41. The van der Waals surface area contributed by atoms with E-state index in [0.717, 1.165) is 22.9 Å². The molecular formula is C15H16N2O3S. The number of amides is 2. The molecule has 1 unspecified atom stereocenters. The molecule has 0 radical (unpaired) electrons. The summed E-state index contributed by atoms with van der Waals surface area (Å²) in [5.74, 6) is 6.00. The molecule has 1 heterocycles. The van der Waals surface area contributed by atoms with Crippen LogP contribution in [-0.2, 0) is 4.79 Å². The third-order valence-electron chi connectivity index (χ3n) is 2.80. The molecule has 1 aliphatic heterocycles. The predicted octanol–water partition coefficient (Wildman–Crippen LogP) is 1.49. The smallest absolute Gasteiger partial charge is 0.279 e. The van der Waals surface area contributed by atoms with Gasteiger partial charge >= 0.3 is 0 Å². The van der Waals surface area contributed by atoms with E-state index in [4.69, 9.17) is 5.11 Å². The van der Waals surface area contributed by atoms with E-state index in [1.807, 2.05) is 19.1 Å². The Balaban J connectivity index is 2.08. The number of aliphatic hydroxyl groups is 1. The molecule has 5 nitrogen and oxygen atoms in total. The number of nitrogens with one attached hydrogen (secondary N) is 2. The fourth-order valence-electron chi connectivity index (χ4n) is 1.90. The second-order valence-electron chi connectivity index (χ2n) is 4.65. The summed E-state index contributed by atoms with van der Waals surface area (Å²) in [5, 5.41) is 13.9. The van der Waals surface area contributed by atoms with Crippen molar-refractivity contribution in [3.63, 3.8) is 0 Å². The number of aryl methyl sites for hydroxylation is 1. The largest absolute Gasteiger partial charge is 0.395 e. The summed E-state index contributed by atoms with van der Waals surface area (Å²) in [6, 6.07) is 5.04. The highest BCUT2D eigenvalue weighted by atomic mass is 32.2. The van der Waals surface area contributed by atoms with Crippen LogP contribution in [0.4, 0.5) is 10.5 Å². The van der Waals surface area contributed by atoms with Crippen LogP contribution in [0.25, 0.3) is 0 Å². The molecule has 2 rings (SSSR count). The molecule has 0 bridgehead atoms. The van der Waals surface area contributed by atoms with Gasteiger partial charge in [-0.2, -0.15) is 0 Å². The first-order valence-electron chi connectivity index (χ1n) is 6.54. The number of carbonyl (C=O) groups is 2. The highest BCUT2D eigenvalue weighted by molar-refractivity contribution is 8.14. The van der Waals surface area contributed by atoms with Crippen molar-refractivity contribution >= 4 is 28.6 Å². The first-order chi connectivity index (χ1) is 10.1. The van der Waals surface area contributed by atoms with Gasteiger partial charge in [-0.3, -0.25) is 9.59 Å². The van der Waals surface area contributed by atoms with Gasteiger partial charge in [-0.15, -0.1) is 0 Å². The molecule has 1 aromatic carbocycles. The molecule has 110 valence electrons. The fraction of sp³-hybridized carbons (Fsp3) is 0.333. The normalized spacial score (nSPS) is 16.9. The molecule has 0 aliphatic carbocycles. The Hall–Kier alpha value is -1.97. The summed E-state index contributed by atoms with van der Waals surface area (Å²) in [7, 11) is 0. The summed E-state index contributed by atoms with van der Waals surface area (Å²) in [6.45, 7) is 1.95. The number of thioether (sulfide) groups is 1. The Morgan fingerprint density at radius 3 is 3.00 bits per heavy atom. The van der Waals surface area contributed by atoms with Gasteiger partial charge in [0.25, 0.3) is 5.24 Å². The van der Waals surface area contributed by atoms with Crippen LogP contribution in [-0.4, -0.2) is 34.7 Å². The summed E-state index contributed by atoms with van der Waals surface area (Å²) >= 11 is 1.11. The van der Waals surface area contributed by atoms with Crippen LogP contribution in [0.5, 0.6) is 0 Å². The first-order valence-corrected chi connectivity index (χ1v) is 7.52. The van der Waals surface area contributed by atoms with E-state index >= 15 is 0 Å². The summed E-state index contributed by atoms with van der Waals surface area (Å²) in [6.07, 6.45) is 0.418. The zero-order valence-corrected chi connectivity index (χ0v) is 12.4. The van der Waals surface area contributed by atoms with Crippen LogP contribution >= 0.6 is 11.8 Å². The maximum Gasteiger partial charge on any atom is 0.279 e. The maximum absolute atomic E-state index is 12.0. The number of hydrogen-bond donors (Lipinski definition) is 3. The van der Waals surface area contributed by atoms with E-state index < -0.39 is 6.04 Å². The third-order valence-corrected chi connectivity index (χ3v) is 3.68. The third kappa shape index (κ3) is 4.52. The van der Waals surface area contributed by atoms with Crippen LogP contribution in [0.3, 0.4) is 0 Å². The minimum Gasteiger partial charge on any atom is -0.395 e. The highest BCUT2D eigenvalue weighted by Gasteiger charge is 2.27. The van der Waals surface area contributed by atoms with Crippen molar-refractivity contribution in [2.24, 2.45) is 0 Å². The molecule has 0 saturated carbocycles.